The predicted octanol–water partition coefficient (Wildman–Crippen LogP) is 3.08. The summed E-state index contributed by atoms with van der Waals surface area (Å²) in [6.07, 6.45) is 0.858. The van der Waals surface area contributed by atoms with Crippen LogP contribution >= 0.6 is 0 Å². The van der Waals surface area contributed by atoms with E-state index in [1.54, 1.807) is 31.4 Å². The minimum absolute atomic E-state index is 0.135. The summed E-state index contributed by atoms with van der Waals surface area (Å²) >= 11 is 0. The molecule has 150 valence electrons. The van der Waals surface area contributed by atoms with Crippen LogP contribution in [0.3, 0.4) is 0 Å². The predicted molar refractivity (Wildman–Crippen MR) is 111 cm³/mol. The van der Waals surface area contributed by atoms with Crippen molar-refractivity contribution in [3.05, 3.63) is 65.7 Å². The van der Waals surface area contributed by atoms with Gasteiger partial charge in [-0.1, -0.05) is 42.5 Å². The number of anilines is 1. The molecular weight excluding hydrogens is 354 g/mol. The Bertz CT molecular complexity index is 765. The Morgan fingerprint density at radius 1 is 1.07 bits per heavy atom. The van der Waals surface area contributed by atoms with Gasteiger partial charge in [-0.25, -0.2) is 0 Å². The zero-order valence-corrected chi connectivity index (χ0v) is 16.8. The largest absolute Gasteiger partial charge is 0.385 e. The summed E-state index contributed by atoms with van der Waals surface area (Å²) in [5.41, 5.74) is 1.98. The van der Waals surface area contributed by atoms with E-state index in [4.69, 9.17) is 4.74 Å². The summed E-state index contributed by atoms with van der Waals surface area (Å²) in [7, 11) is 3.54. The van der Waals surface area contributed by atoms with E-state index in [1.807, 2.05) is 49.2 Å². The van der Waals surface area contributed by atoms with Gasteiger partial charge in [0.2, 0.25) is 5.91 Å². The number of nitrogens with zero attached hydrogens (tertiary/aromatic N) is 1. The lowest BCUT2D eigenvalue weighted by atomic mass is 10.1. The number of rotatable bonds is 10. The molecule has 0 fully saturated rings. The molecule has 2 aromatic rings. The van der Waals surface area contributed by atoms with Crippen LogP contribution in [-0.4, -0.2) is 50.6 Å². The van der Waals surface area contributed by atoms with Crippen molar-refractivity contribution in [3.8, 4) is 0 Å². The second-order valence-corrected chi connectivity index (χ2v) is 6.78. The minimum atomic E-state index is -0.222. The van der Waals surface area contributed by atoms with E-state index in [0.717, 1.165) is 18.5 Å². The molecule has 2 rings (SSSR count). The lowest BCUT2D eigenvalue weighted by molar-refractivity contribution is -0.117. The summed E-state index contributed by atoms with van der Waals surface area (Å²) in [6.45, 7) is 3.61. The molecule has 6 heteroatoms. The Morgan fingerprint density at radius 3 is 2.46 bits per heavy atom. The molecule has 0 aromatic heterocycles. The number of hydrogen-bond donors (Lipinski definition) is 2. The van der Waals surface area contributed by atoms with Crippen LogP contribution < -0.4 is 10.6 Å². The molecule has 0 aliphatic heterocycles. The van der Waals surface area contributed by atoms with Crippen LogP contribution in [0.4, 0.5) is 5.69 Å². The molecule has 2 amide bonds. The summed E-state index contributed by atoms with van der Waals surface area (Å²) in [5.74, 6) is -0.378. The molecule has 0 saturated carbocycles. The number of hydrogen-bond acceptors (Lipinski definition) is 4. The zero-order chi connectivity index (χ0) is 20.4. The van der Waals surface area contributed by atoms with E-state index in [1.165, 1.54) is 0 Å². The standard InChI is InChI=1S/C22H29N3O3/c1-17(18-10-5-4-6-11-18)23-22(27)19-12-7-8-13-20(19)24-21(26)16-25(2)14-9-15-28-3/h4-8,10-13,17H,9,14-16H2,1-3H3,(H,23,27)(H,24,26). The van der Waals surface area contributed by atoms with Crippen LogP contribution in [0.1, 0.15) is 35.3 Å². The molecule has 2 aromatic carbocycles. The molecule has 0 bridgehead atoms. The van der Waals surface area contributed by atoms with Crippen molar-refractivity contribution in [2.45, 2.75) is 19.4 Å². The number of nitrogens with one attached hydrogen (secondary N) is 2. The molecule has 2 N–H and O–H groups in total. The van der Waals surface area contributed by atoms with Gasteiger partial charge in [-0.3, -0.25) is 14.5 Å². The fraction of sp³-hybridized carbons (Fsp3) is 0.364. The van der Waals surface area contributed by atoms with Gasteiger partial charge < -0.3 is 15.4 Å². The van der Waals surface area contributed by atoms with Crippen LogP contribution in [0.2, 0.25) is 0 Å². The number of amides is 2. The van der Waals surface area contributed by atoms with Gasteiger partial charge in [0.25, 0.3) is 5.91 Å². The third kappa shape index (κ3) is 6.79. The molecule has 0 aliphatic rings. The first-order chi connectivity index (χ1) is 13.5. The van der Waals surface area contributed by atoms with Gasteiger partial charge in [-0.2, -0.15) is 0 Å². The first kappa shape index (κ1) is 21.6. The van der Waals surface area contributed by atoms with Crippen molar-refractivity contribution in [2.75, 3.05) is 39.2 Å². The highest BCUT2D eigenvalue weighted by Crippen LogP contribution is 2.18. The van der Waals surface area contributed by atoms with Crippen molar-refractivity contribution in [1.29, 1.82) is 0 Å². The average molecular weight is 383 g/mol. The molecular formula is C22H29N3O3. The van der Waals surface area contributed by atoms with Crippen LogP contribution in [0.5, 0.6) is 0 Å². The summed E-state index contributed by atoms with van der Waals surface area (Å²) in [5, 5.41) is 5.84. The van der Waals surface area contributed by atoms with Gasteiger partial charge in [0, 0.05) is 20.3 Å². The number of benzene rings is 2. The molecule has 0 heterocycles. The van der Waals surface area contributed by atoms with Gasteiger partial charge in [-0.05, 0) is 38.1 Å². The molecule has 28 heavy (non-hydrogen) atoms. The smallest absolute Gasteiger partial charge is 0.253 e. The third-order valence-electron chi connectivity index (χ3n) is 4.39. The molecule has 0 aliphatic carbocycles. The molecule has 0 radical (unpaired) electrons. The Hall–Kier alpha value is -2.70. The summed E-state index contributed by atoms with van der Waals surface area (Å²) in [6, 6.07) is 16.7. The van der Waals surface area contributed by atoms with E-state index in [-0.39, 0.29) is 24.4 Å². The van der Waals surface area contributed by atoms with Crippen molar-refractivity contribution in [2.24, 2.45) is 0 Å². The number of methoxy groups -OCH3 is 1. The van der Waals surface area contributed by atoms with Crippen molar-refractivity contribution in [1.82, 2.24) is 10.2 Å². The monoisotopic (exact) mass is 383 g/mol. The average Bonchev–Trinajstić information content (AvgIpc) is 2.69. The van der Waals surface area contributed by atoms with E-state index in [2.05, 4.69) is 10.6 Å². The lowest BCUT2D eigenvalue weighted by Gasteiger charge is -2.18. The number of carbonyl (C=O) groups excluding carboxylic acids is 2. The fourth-order valence-corrected chi connectivity index (χ4v) is 2.88. The Labute approximate surface area is 166 Å². The van der Waals surface area contributed by atoms with Crippen molar-refractivity contribution < 1.29 is 14.3 Å². The van der Waals surface area contributed by atoms with Gasteiger partial charge >= 0.3 is 0 Å². The summed E-state index contributed by atoms with van der Waals surface area (Å²) in [4.78, 5) is 27.0. The third-order valence-corrected chi connectivity index (χ3v) is 4.39. The highest BCUT2D eigenvalue weighted by Gasteiger charge is 2.16. The Morgan fingerprint density at radius 2 is 1.75 bits per heavy atom. The quantitative estimate of drug-likeness (QED) is 0.619. The Kier molecular flexibility index (Phi) is 8.65. The second-order valence-electron chi connectivity index (χ2n) is 6.78. The van der Waals surface area contributed by atoms with Gasteiger partial charge in [0.1, 0.15) is 0 Å². The second kappa shape index (κ2) is 11.2. The normalized spacial score (nSPS) is 11.9. The molecule has 1 unspecified atom stereocenters. The molecule has 1 atom stereocenters. The molecule has 6 nitrogen and oxygen atoms in total. The zero-order valence-electron chi connectivity index (χ0n) is 16.8. The van der Waals surface area contributed by atoms with E-state index in [9.17, 15) is 9.59 Å². The number of likely N-dealkylation sites (N-methyl/N-ethyl adjacent to an activating group) is 1. The van der Waals surface area contributed by atoms with E-state index >= 15 is 0 Å². The highest BCUT2D eigenvalue weighted by molar-refractivity contribution is 6.04. The fourth-order valence-electron chi connectivity index (χ4n) is 2.88. The SMILES string of the molecule is COCCCN(C)CC(=O)Nc1ccccc1C(=O)NC(C)c1ccccc1. The first-order valence-electron chi connectivity index (χ1n) is 9.43. The highest BCUT2D eigenvalue weighted by atomic mass is 16.5. The Balaban J connectivity index is 1.98. The summed E-state index contributed by atoms with van der Waals surface area (Å²) < 4.78 is 5.03. The first-order valence-corrected chi connectivity index (χ1v) is 9.43. The van der Waals surface area contributed by atoms with Crippen LogP contribution in [0.25, 0.3) is 0 Å². The number of para-hydroxylation sites is 1. The number of ether oxygens (including phenoxy) is 1. The minimum Gasteiger partial charge on any atom is -0.385 e. The van der Waals surface area contributed by atoms with Crippen LogP contribution in [0, 0.1) is 0 Å². The van der Waals surface area contributed by atoms with Crippen LogP contribution in [-0.2, 0) is 9.53 Å². The molecule has 0 saturated heterocycles. The van der Waals surface area contributed by atoms with Crippen molar-refractivity contribution >= 4 is 17.5 Å². The van der Waals surface area contributed by atoms with E-state index in [0.29, 0.717) is 17.9 Å². The molecule has 0 spiro atoms. The van der Waals surface area contributed by atoms with E-state index < -0.39 is 0 Å². The topological polar surface area (TPSA) is 70.7 Å². The van der Waals surface area contributed by atoms with Gasteiger partial charge in [0.15, 0.2) is 0 Å². The maximum atomic E-state index is 12.7. The van der Waals surface area contributed by atoms with Gasteiger partial charge in [-0.15, -0.1) is 0 Å². The maximum absolute atomic E-state index is 12.7. The number of carbonyl (C=O) groups is 2. The van der Waals surface area contributed by atoms with Crippen molar-refractivity contribution in [3.63, 3.8) is 0 Å². The lowest BCUT2D eigenvalue weighted by Crippen LogP contribution is -2.32. The van der Waals surface area contributed by atoms with Crippen LogP contribution in [0.15, 0.2) is 54.6 Å². The van der Waals surface area contributed by atoms with Gasteiger partial charge in [0.05, 0.1) is 23.8 Å². The maximum Gasteiger partial charge on any atom is 0.253 e.